The maximum atomic E-state index is 13.4. The molecule has 0 bridgehead atoms. The quantitative estimate of drug-likeness (QED) is 0.796. The standard InChI is InChI=1S/C15H15BrFN.ClH/c16-14-7-5-12(6-8-14)11-18-10-9-13-3-1-2-4-15(13)17;/h1-8,18H,9-11H2;1H. The normalized spacial score (nSPS) is 10.0. The second-order valence-corrected chi connectivity index (χ2v) is 5.06. The second kappa shape index (κ2) is 8.31. The zero-order valence-electron chi connectivity index (χ0n) is 10.4. The number of benzene rings is 2. The van der Waals surface area contributed by atoms with Crippen LogP contribution in [0.25, 0.3) is 0 Å². The van der Waals surface area contributed by atoms with Gasteiger partial charge in [0.2, 0.25) is 0 Å². The van der Waals surface area contributed by atoms with E-state index in [9.17, 15) is 4.39 Å². The Kier molecular flexibility index (Phi) is 7.06. The molecule has 0 saturated heterocycles. The molecular weight excluding hydrogens is 329 g/mol. The van der Waals surface area contributed by atoms with Gasteiger partial charge < -0.3 is 5.32 Å². The second-order valence-electron chi connectivity index (χ2n) is 4.14. The van der Waals surface area contributed by atoms with Gasteiger partial charge in [0, 0.05) is 11.0 Å². The van der Waals surface area contributed by atoms with Crippen LogP contribution in [0.1, 0.15) is 11.1 Å². The molecule has 0 heterocycles. The maximum Gasteiger partial charge on any atom is 0.126 e. The van der Waals surface area contributed by atoms with Gasteiger partial charge >= 0.3 is 0 Å². The summed E-state index contributed by atoms with van der Waals surface area (Å²) in [7, 11) is 0. The minimum atomic E-state index is -0.122. The third kappa shape index (κ3) is 5.31. The van der Waals surface area contributed by atoms with Crippen molar-refractivity contribution in [1.29, 1.82) is 0 Å². The summed E-state index contributed by atoms with van der Waals surface area (Å²) in [6.07, 6.45) is 0.712. The van der Waals surface area contributed by atoms with E-state index < -0.39 is 0 Å². The highest BCUT2D eigenvalue weighted by Gasteiger charge is 1.99. The predicted octanol–water partition coefficient (Wildman–Crippen LogP) is 4.34. The van der Waals surface area contributed by atoms with Crippen molar-refractivity contribution in [1.82, 2.24) is 5.32 Å². The maximum absolute atomic E-state index is 13.4. The molecule has 0 saturated carbocycles. The zero-order chi connectivity index (χ0) is 12.8. The third-order valence-corrected chi connectivity index (χ3v) is 3.30. The van der Waals surface area contributed by atoms with Crippen molar-refractivity contribution in [2.45, 2.75) is 13.0 Å². The molecule has 0 aromatic heterocycles. The molecule has 0 unspecified atom stereocenters. The lowest BCUT2D eigenvalue weighted by Gasteiger charge is -2.06. The van der Waals surface area contributed by atoms with E-state index in [1.165, 1.54) is 11.6 Å². The molecule has 0 amide bonds. The first-order valence-corrected chi connectivity index (χ1v) is 6.73. The van der Waals surface area contributed by atoms with Gasteiger partial charge in [0.05, 0.1) is 0 Å². The number of nitrogens with one attached hydrogen (secondary N) is 1. The molecule has 2 aromatic carbocycles. The molecule has 0 aliphatic rings. The van der Waals surface area contributed by atoms with Crippen molar-refractivity contribution in [2.24, 2.45) is 0 Å². The fourth-order valence-electron chi connectivity index (χ4n) is 1.76. The highest BCUT2D eigenvalue weighted by Crippen LogP contribution is 2.10. The van der Waals surface area contributed by atoms with E-state index in [1.54, 1.807) is 6.07 Å². The Morgan fingerprint density at radius 2 is 1.68 bits per heavy atom. The number of hydrogen-bond acceptors (Lipinski definition) is 1. The molecule has 0 spiro atoms. The largest absolute Gasteiger partial charge is 0.312 e. The summed E-state index contributed by atoms with van der Waals surface area (Å²) in [5, 5.41) is 3.31. The Balaban J connectivity index is 0.00000180. The van der Waals surface area contributed by atoms with Gasteiger partial charge in [0.1, 0.15) is 5.82 Å². The van der Waals surface area contributed by atoms with Gasteiger partial charge in [-0.2, -0.15) is 0 Å². The van der Waals surface area contributed by atoms with Crippen LogP contribution in [-0.4, -0.2) is 6.54 Å². The molecule has 0 radical (unpaired) electrons. The Morgan fingerprint density at radius 1 is 1.00 bits per heavy atom. The average Bonchev–Trinajstić information content (AvgIpc) is 2.39. The molecular formula is C15H16BrClFN. The van der Waals surface area contributed by atoms with Crippen molar-refractivity contribution in [3.63, 3.8) is 0 Å². The van der Waals surface area contributed by atoms with Crippen molar-refractivity contribution < 1.29 is 4.39 Å². The molecule has 0 aliphatic carbocycles. The monoisotopic (exact) mass is 343 g/mol. The minimum absolute atomic E-state index is 0. The summed E-state index contributed by atoms with van der Waals surface area (Å²) in [6.45, 7) is 1.58. The SMILES string of the molecule is Cl.Fc1ccccc1CCNCc1ccc(Br)cc1. The fourth-order valence-corrected chi connectivity index (χ4v) is 2.02. The highest BCUT2D eigenvalue weighted by atomic mass is 79.9. The average molecular weight is 345 g/mol. The number of hydrogen-bond donors (Lipinski definition) is 1. The molecule has 0 aliphatic heterocycles. The van der Waals surface area contributed by atoms with E-state index in [4.69, 9.17) is 0 Å². The van der Waals surface area contributed by atoms with Gasteiger partial charge in [-0.3, -0.25) is 0 Å². The van der Waals surface area contributed by atoms with Crippen LogP contribution in [0.4, 0.5) is 4.39 Å². The Hall–Kier alpha value is -0.900. The summed E-state index contributed by atoms with van der Waals surface area (Å²) >= 11 is 3.40. The Bertz CT molecular complexity index is 502. The van der Waals surface area contributed by atoms with E-state index in [2.05, 4.69) is 33.4 Å². The molecule has 4 heteroatoms. The lowest BCUT2D eigenvalue weighted by Crippen LogP contribution is -2.17. The molecule has 1 N–H and O–H groups in total. The van der Waals surface area contributed by atoms with Gasteiger partial charge in [0.15, 0.2) is 0 Å². The smallest absolute Gasteiger partial charge is 0.126 e. The Labute approximate surface area is 127 Å². The molecule has 2 aromatic rings. The van der Waals surface area contributed by atoms with Gasteiger partial charge in [-0.25, -0.2) is 4.39 Å². The van der Waals surface area contributed by atoms with Crippen LogP contribution in [0.5, 0.6) is 0 Å². The Morgan fingerprint density at radius 3 is 2.37 bits per heavy atom. The molecule has 1 nitrogen and oxygen atoms in total. The highest BCUT2D eigenvalue weighted by molar-refractivity contribution is 9.10. The zero-order valence-corrected chi connectivity index (χ0v) is 12.8. The predicted molar refractivity (Wildman–Crippen MR) is 83.2 cm³/mol. The van der Waals surface area contributed by atoms with E-state index >= 15 is 0 Å². The summed E-state index contributed by atoms with van der Waals surface area (Å²) in [6, 6.07) is 15.1. The first kappa shape index (κ1) is 16.2. The summed E-state index contributed by atoms with van der Waals surface area (Å²) in [5.41, 5.74) is 1.99. The summed E-state index contributed by atoms with van der Waals surface area (Å²) in [5.74, 6) is -0.122. The molecule has 19 heavy (non-hydrogen) atoms. The van der Waals surface area contributed by atoms with Crippen LogP contribution < -0.4 is 5.32 Å². The number of rotatable bonds is 5. The third-order valence-electron chi connectivity index (χ3n) is 2.77. The van der Waals surface area contributed by atoms with E-state index in [1.807, 2.05) is 24.3 Å². The van der Waals surface area contributed by atoms with Crippen LogP contribution in [-0.2, 0) is 13.0 Å². The molecule has 0 atom stereocenters. The van der Waals surface area contributed by atoms with E-state index in [0.29, 0.717) is 6.42 Å². The van der Waals surface area contributed by atoms with Crippen molar-refractivity contribution in [3.05, 3.63) is 69.9 Å². The first-order chi connectivity index (χ1) is 8.75. The topological polar surface area (TPSA) is 12.0 Å². The molecule has 2 rings (SSSR count). The van der Waals surface area contributed by atoms with Gasteiger partial charge in [-0.1, -0.05) is 46.3 Å². The van der Waals surface area contributed by atoms with Crippen molar-refractivity contribution in [2.75, 3.05) is 6.54 Å². The lowest BCUT2D eigenvalue weighted by molar-refractivity contribution is 0.598. The van der Waals surface area contributed by atoms with E-state index in [0.717, 1.165) is 23.1 Å². The lowest BCUT2D eigenvalue weighted by atomic mass is 10.1. The van der Waals surface area contributed by atoms with Crippen molar-refractivity contribution in [3.8, 4) is 0 Å². The van der Waals surface area contributed by atoms with Gasteiger partial charge in [-0.05, 0) is 42.3 Å². The van der Waals surface area contributed by atoms with Crippen LogP contribution in [0.2, 0.25) is 0 Å². The number of halogens is 3. The van der Waals surface area contributed by atoms with Crippen LogP contribution in [0, 0.1) is 5.82 Å². The molecule has 102 valence electrons. The fraction of sp³-hybridized carbons (Fsp3) is 0.200. The minimum Gasteiger partial charge on any atom is -0.312 e. The van der Waals surface area contributed by atoms with Gasteiger partial charge in [-0.15, -0.1) is 12.4 Å². The summed E-state index contributed by atoms with van der Waals surface area (Å²) < 4.78 is 14.4. The first-order valence-electron chi connectivity index (χ1n) is 5.94. The summed E-state index contributed by atoms with van der Waals surface area (Å²) in [4.78, 5) is 0. The van der Waals surface area contributed by atoms with Crippen molar-refractivity contribution >= 4 is 28.3 Å². The van der Waals surface area contributed by atoms with E-state index in [-0.39, 0.29) is 18.2 Å². The van der Waals surface area contributed by atoms with Crippen LogP contribution in [0.3, 0.4) is 0 Å². The van der Waals surface area contributed by atoms with Crippen LogP contribution in [0.15, 0.2) is 53.0 Å². The van der Waals surface area contributed by atoms with Gasteiger partial charge in [0.25, 0.3) is 0 Å². The van der Waals surface area contributed by atoms with Crippen LogP contribution >= 0.6 is 28.3 Å². The molecule has 0 fully saturated rings.